The molecule has 10 heteroatoms. The molecule has 2 aromatic rings. The number of halogens is 5. The summed E-state index contributed by atoms with van der Waals surface area (Å²) in [6.07, 6.45) is -0.655. The Bertz CT molecular complexity index is 1140. The Morgan fingerprint density at radius 3 is 2.53 bits per heavy atom. The molecule has 3 rings (SSSR count). The zero-order valence-corrected chi connectivity index (χ0v) is 17.4. The average molecular weight is 469 g/mol. The molecule has 0 spiro atoms. The standard InChI is InChI=1S/C22H17ClF4N2O3/c1-29(20(30)19-13(22(25,26)27)5-4-6-14(19)23)18-8-3-2-7-17(18)28-16-10-9-12(21(31)32)11-15(16)24/h2,4-7,9-11,28H,3,8H2,1H3,(H,31,32). The van der Waals surface area contributed by atoms with E-state index in [1.54, 1.807) is 12.2 Å². The van der Waals surface area contributed by atoms with Gasteiger partial charge in [-0.25, -0.2) is 9.18 Å². The van der Waals surface area contributed by atoms with Crippen LogP contribution >= 0.6 is 11.6 Å². The van der Waals surface area contributed by atoms with E-state index in [1.165, 1.54) is 25.2 Å². The first-order chi connectivity index (χ1) is 15.0. The minimum absolute atomic E-state index is 0.0522. The molecule has 1 amide bonds. The van der Waals surface area contributed by atoms with Crippen LogP contribution in [0.2, 0.25) is 5.02 Å². The first kappa shape index (κ1) is 23.3. The van der Waals surface area contributed by atoms with Crippen molar-refractivity contribution in [2.75, 3.05) is 12.4 Å². The Balaban J connectivity index is 1.99. The summed E-state index contributed by atoms with van der Waals surface area (Å²) in [5.74, 6) is -3.09. The first-order valence-corrected chi connectivity index (χ1v) is 9.72. The topological polar surface area (TPSA) is 69.6 Å². The Hall–Kier alpha value is -3.33. The highest BCUT2D eigenvalue weighted by Crippen LogP contribution is 2.36. The van der Waals surface area contributed by atoms with E-state index in [0.29, 0.717) is 18.5 Å². The van der Waals surface area contributed by atoms with E-state index in [1.807, 2.05) is 0 Å². The molecule has 2 N–H and O–H groups in total. The minimum atomic E-state index is -4.78. The van der Waals surface area contributed by atoms with Crippen LogP contribution in [0.1, 0.15) is 39.1 Å². The van der Waals surface area contributed by atoms with Crippen LogP contribution in [-0.4, -0.2) is 28.9 Å². The van der Waals surface area contributed by atoms with Crippen molar-refractivity contribution < 1.29 is 32.3 Å². The highest BCUT2D eigenvalue weighted by atomic mass is 35.5. The van der Waals surface area contributed by atoms with Crippen LogP contribution in [0.5, 0.6) is 0 Å². The molecule has 5 nitrogen and oxygen atoms in total. The normalized spacial score (nSPS) is 13.8. The van der Waals surface area contributed by atoms with Gasteiger partial charge in [-0.05, 0) is 49.2 Å². The number of aromatic carboxylic acids is 1. The number of carbonyl (C=O) groups excluding carboxylic acids is 1. The quantitative estimate of drug-likeness (QED) is 0.533. The van der Waals surface area contributed by atoms with Crippen LogP contribution in [0.3, 0.4) is 0 Å². The van der Waals surface area contributed by atoms with Crippen LogP contribution in [0.4, 0.5) is 23.2 Å². The molecule has 0 fully saturated rings. The predicted molar refractivity (Wildman–Crippen MR) is 111 cm³/mol. The van der Waals surface area contributed by atoms with Gasteiger partial charge in [-0.2, -0.15) is 13.2 Å². The summed E-state index contributed by atoms with van der Waals surface area (Å²) >= 11 is 5.95. The fourth-order valence-corrected chi connectivity index (χ4v) is 3.53. The summed E-state index contributed by atoms with van der Waals surface area (Å²) in [6, 6.07) is 6.36. The van der Waals surface area contributed by atoms with E-state index in [4.69, 9.17) is 16.7 Å². The summed E-state index contributed by atoms with van der Waals surface area (Å²) in [7, 11) is 1.31. The second-order valence-electron chi connectivity index (χ2n) is 6.95. The molecule has 0 unspecified atom stereocenters. The fourth-order valence-electron chi connectivity index (χ4n) is 3.28. The SMILES string of the molecule is CN(C(=O)c1c(Cl)cccc1C(F)(F)F)C1=C(Nc2ccc(C(=O)O)cc2F)C=CCC1. The van der Waals surface area contributed by atoms with Gasteiger partial charge in [0, 0.05) is 12.7 Å². The molecule has 0 saturated carbocycles. The molecule has 0 aromatic heterocycles. The number of carboxylic acids is 1. The zero-order valence-electron chi connectivity index (χ0n) is 16.6. The van der Waals surface area contributed by atoms with Crippen molar-refractivity contribution in [2.45, 2.75) is 19.0 Å². The van der Waals surface area contributed by atoms with Crippen molar-refractivity contribution in [1.29, 1.82) is 0 Å². The van der Waals surface area contributed by atoms with Gasteiger partial charge in [0.1, 0.15) is 5.82 Å². The molecular weight excluding hydrogens is 452 g/mol. The van der Waals surface area contributed by atoms with Crippen LogP contribution in [-0.2, 0) is 6.18 Å². The molecule has 1 aliphatic carbocycles. The number of rotatable bonds is 5. The molecule has 0 heterocycles. The summed E-state index contributed by atoms with van der Waals surface area (Å²) in [6.45, 7) is 0. The van der Waals surface area contributed by atoms with Crippen molar-refractivity contribution in [3.05, 3.63) is 87.5 Å². The second kappa shape index (κ2) is 9.04. The second-order valence-corrected chi connectivity index (χ2v) is 7.36. The van der Waals surface area contributed by atoms with E-state index in [0.717, 1.165) is 23.1 Å². The number of alkyl halides is 3. The predicted octanol–water partition coefficient (Wildman–Crippen LogP) is 5.94. The maximum absolute atomic E-state index is 14.4. The van der Waals surface area contributed by atoms with E-state index in [-0.39, 0.29) is 22.0 Å². The van der Waals surface area contributed by atoms with Gasteiger partial charge >= 0.3 is 12.1 Å². The van der Waals surface area contributed by atoms with Gasteiger partial charge in [0.2, 0.25) is 0 Å². The smallest absolute Gasteiger partial charge is 0.417 e. The van der Waals surface area contributed by atoms with Crippen LogP contribution in [0.25, 0.3) is 0 Å². The van der Waals surface area contributed by atoms with Crippen LogP contribution in [0, 0.1) is 5.82 Å². The van der Waals surface area contributed by atoms with Gasteiger partial charge < -0.3 is 15.3 Å². The molecule has 2 aromatic carbocycles. The number of hydrogen-bond donors (Lipinski definition) is 2. The lowest BCUT2D eigenvalue weighted by Crippen LogP contribution is -2.31. The number of hydrogen-bond acceptors (Lipinski definition) is 3. The Morgan fingerprint density at radius 2 is 1.91 bits per heavy atom. The molecule has 32 heavy (non-hydrogen) atoms. The molecule has 0 saturated heterocycles. The maximum Gasteiger partial charge on any atom is 0.417 e. The number of nitrogens with one attached hydrogen (secondary N) is 1. The fraction of sp³-hybridized carbons (Fsp3) is 0.182. The lowest BCUT2D eigenvalue weighted by atomic mass is 10.0. The van der Waals surface area contributed by atoms with E-state index in [9.17, 15) is 27.2 Å². The zero-order chi connectivity index (χ0) is 23.6. The Kier molecular flexibility index (Phi) is 6.59. The van der Waals surface area contributed by atoms with Gasteiger partial charge in [0.15, 0.2) is 0 Å². The van der Waals surface area contributed by atoms with Gasteiger partial charge in [-0.3, -0.25) is 4.79 Å². The van der Waals surface area contributed by atoms with Gasteiger partial charge in [-0.1, -0.05) is 23.7 Å². The third-order valence-corrected chi connectivity index (χ3v) is 5.19. The molecule has 0 atom stereocenters. The number of amides is 1. The molecule has 0 bridgehead atoms. The van der Waals surface area contributed by atoms with Crippen LogP contribution < -0.4 is 5.32 Å². The van der Waals surface area contributed by atoms with Gasteiger partial charge in [-0.15, -0.1) is 0 Å². The molecule has 1 aliphatic rings. The summed E-state index contributed by atoms with van der Waals surface area (Å²) in [5.41, 5.74) is -1.51. The Morgan fingerprint density at radius 1 is 1.19 bits per heavy atom. The van der Waals surface area contributed by atoms with Gasteiger partial charge in [0.05, 0.1) is 33.1 Å². The average Bonchev–Trinajstić information content (AvgIpc) is 2.73. The van der Waals surface area contributed by atoms with E-state index in [2.05, 4.69) is 5.32 Å². The van der Waals surface area contributed by atoms with E-state index < -0.39 is 35.0 Å². The molecule has 168 valence electrons. The number of anilines is 1. The number of allylic oxidation sites excluding steroid dienone is 3. The van der Waals surface area contributed by atoms with Crippen molar-refractivity contribution in [1.82, 2.24) is 4.90 Å². The van der Waals surface area contributed by atoms with Crippen molar-refractivity contribution >= 4 is 29.2 Å². The lowest BCUT2D eigenvalue weighted by molar-refractivity contribution is -0.138. The highest BCUT2D eigenvalue weighted by Gasteiger charge is 2.37. The molecule has 0 radical (unpaired) electrons. The largest absolute Gasteiger partial charge is 0.478 e. The third-order valence-electron chi connectivity index (χ3n) is 4.87. The monoisotopic (exact) mass is 468 g/mol. The van der Waals surface area contributed by atoms with Crippen LogP contribution in [0.15, 0.2) is 59.9 Å². The third kappa shape index (κ3) is 4.77. The number of carboxylic acid groups (broad SMARTS) is 1. The minimum Gasteiger partial charge on any atom is -0.478 e. The van der Waals surface area contributed by atoms with Crippen molar-refractivity contribution in [3.8, 4) is 0 Å². The van der Waals surface area contributed by atoms with Crippen molar-refractivity contribution in [2.24, 2.45) is 0 Å². The molecular formula is C22H17ClF4N2O3. The molecule has 0 aliphatic heterocycles. The summed E-state index contributed by atoms with van der Waals surface area (Å²) in [4.78, 5) is 25.1. The summed E-state index contributed by atoms with van der Waals surface area (Å²) < 4.78 is 54.7. The highest BCUT2D eigenvalue weighted by molar-refractivity contribution is 6.34. The number of carbonyl (C=O) groups is 2. The van der Waals surface area contributed by atoms with E-state index >= 15 is 0 Å². The lowest BCUT2D eigenvalue weighted by Gasteiger charge is -2.27. The summed E-state index contributed by atoms with van der Waals surface area (Å²) in [5, 5.41) is 11.4. The van der Waals surface area contributed by atoms with Gasteiger partial charge in [0.25, 0.3) is 5.91 Å². The Labute approximate surface area is 185 Å². The number of nitrogens with zero attached hydrogens (tertiary/aromatic N) is 1. The van der Waals surface area contributed by atoms with Crippen molar-refractivity contribution in [3.63, 3.8) is 0 Å². The number of benzene rings is 2. The first-order valence-electron chi connectivity index (χ1n) is 9.34. The maximum atomic E-state index is 14.4.